The molecule has 3 unspecified atom stereocenters. The van der Waals surface area contributed by atoms with Gasteiger partial charge in [-0.05, 0) is 44.9 Å². The Balaban J connectivity index is 4.32. The highest BCUT2D eigenvalue weighted by Crippen LogP contribution is 2.28. The Morgan fingerprint density at radius 2 is 1.00 bits per heavy atom. The van der Waals surface area contributed by atoms with Crippen molar-refractivity contribution in [3.05, 3.63) is 0 Å². The second kappa shape index (κ2) is 26.9. The maximum absolute atomic E-state index is 11.8. The quantitative estimate of drug-likeness (QED) is 0.0426. The molecule has 3 N–H and O–H groups in total. The number of unbranched alkanes of at least 4 members (excludes halogenated alkanes) is 15. The lowest BCUT2D eigenvalue weighted by Crippen LogP contribution is -2.45. The largest absolute Gasteiger partial charge is 0.481 e. The first-order valence-electron chi connectivity index (χ1n) is 17.2. The summed E-state index contributed by atoms with van der Waals surface area (Å²) in [6, 6.07) is 0. The number of ether oxygens (including phenoxy) is 2. The van der Waals surface area contributed by atoms with Gasteiger partial charge in [0.15, 0.2) is 0 Å². The summed E-state index contributed by atoms with van der Waals surface area (Å²) in [5.41, 5.74) is -1.47. The van der Waals surface area contributed by atoms with Gasteiger partial charge >= 0.3 is 17.9 Å². The molecule has 0 aromatic rings. The zero-order chi connectivity index (χ0) is 31.5. The maximum Gasteiger partial charge on any atom is 0.307 e. The van der Waals surface area contributed by atoms with E-state index in [0.717, 1.165) is 83.5 Å². The number of carboxylic acid groups (broad SMARTS) is 1. The molecule has 0 aromatic heterocycles. The number of carbonyl (C=O) groups excluding carboxylic acids is 2. The van der Waals surface area contributed by atoms with Crippen LogP contribution in [0.4, 0.5) is 0 Å². The highest BCUT2D eigenvalue weighted by Gasteiger charge is 2.37. The molecule has 0 aromatic carbocycles. The summed E-state index contributed by atoms with van der Waals surface area (Å²) in [5, 5.41) is 30.4. The Morgan fingerprint density at radius 3 is 1.45 bits per heavy atom. The number of aliphatic hydroxyl groups excluding tert-OH is 1. The van der Waals surface area contributed by atoms with E-state index in [0.29, 0.717) is 32.1 Å². The lowest BCUT2D eigenvalue weighted by atomic mass is 9.88. The molecule has 0 fully saturated rings. The fraction of sp³-hybridized carbons (Fsp3) is 0.912. The molecule has 3 atom stereocenters. The first-order chi connectivity index (χ1) is 20.2. The van der Waals surface area contributed by atoms with Crippen LogP contribution >= 0.6 is 0 Å². The number of rotatable bonds is 30. The molecule has 0 heterocycles. The topological polar surface area (TPSA) is 130 Å². The van der Waals surface area contributed by atoms with Gasteiger partial charge in [0.25, 0.3) is 0 Å². The van der Waals surface area contributed by atoms with Crippen molar-refractivity contribution in [2.45, 2.75) is 199 Å². The van der Waals surface area contributed by atoms with Gasteiger partial charge in [0.2, 0.25) is 6.29 Å². The lowest BCUT2D eigenvalue weighted by Gasteiger charge is -2.32. The predicted octanol–water partition coefficient (Wildman–Crippen LogP) is 8.39. The maximum atomic E-state index is 11.8. The number of aliphatic hydroxyl groups is 2. The Labute approximate surface area is 256 Å². The fourth-order valence-corrected chi connectivity index (χ4v) is 5.30. The minimum atomic E-state index is -1.54. The van der Waals surface area contributed by atoms with Crippen molar-refractivity contribution < 1.29 is 39.2 Å². The number of esters is 2. The molecule has 0 radical (unpaired) electrons. The summed E-state index contributed by atoms with van der Waals surface area (Å²) < 4.78 is 10.8. The van der Waals surface area contributed by atoms with E-state index < -0.39 is 23.8 Å². The molecule has 0 bridgehead atoms. The highest BCUT2D eigenvalue weighted by molar-refractivity contribution is 5.69. The van der Waals surface area contributed by atoms with Crippen LogP contribution in [0, 0.1) is 0 Å². The van der Waals surface area contributed by atoms with Gasteiger partial charge in [-0.1, -0.05) is 117 Å². The summed E-state index contributed by atoms with van der Waals surface area (Å²) >= 11 is 0. The molecule has 248 valence electrons. The molecule has 8 heteroatoms. The Morgan fingerprint density at radius 1 is 0.595 bits per heavy atom. The molecule has 0 amide bonds. The summed E-state index contributed by atoms with van der Waals surface area (Å²) in [4.78, 5) is 34.2. The average Bonchev–Trinajstić information content (AvgIpc) is 2.96. The van der Waals surface area contributed by atoms with Gasteiger partial charge in [-0.15, -0.1) is 0 Å². The molecule has 0 saturated heterocycles. The van der Waals surface area contributed by atoms with Crippen LogP contribution in [-0.2, 0) is 23.9 Å². The molecule has 0 aliphatic carbocycles. The van der Waals surface area contributed by atoms with Gasteiger partial charge in [0, 0.05) is 19.3 Å². The van der Waals surface area contributed by atoms with Crippen molar-refractivity contribution >= 4 is 17.9 Å². The number of hydrogen-bond donors (Lipinski definition) is 3. The van der Waals surface area contributed by atoms with Crippen molar-refractivity contribution in [3.8, 4) is 0 Å². The zero-order valence-electron chi connectivity index (χ0n) is 27.2. The molecule has 0 saturated carbocycles. The summed E-state index contributed by atoms with van der Waals surface area (Å²) in [7, 11) is 0. The summed E-state index contributed by atoms with van der Waals surface area (Å²) in [5.74, 6) is -1.42. The normalized spacial score (nSPS) is 14.2. The number of carbonyl (C=O) groups is 3. The van der Waals surface area contributed by atoms with Gasteiger partial charge in [-0.25, -0.2) is 0 Å². The van der Waals surface area contributed by atoms with Crippen LogP contribution in [0.1, 0.15) is 181 Å². The van der Waals surface area contributed by atoms with Crippen molar-refractivity contribution in [1.29, 1.82) is 0 Å². The first kappa shape index (κ1) is 40.3. The van der Waals surface area contributed by atoms with Crippen LogP contribution in [0.15, 0.2) is 0 Å². The van der Waals surface area contributed by atoms with Gasteiger partial charge in [0.1, 0.15) is 11.7 Å². The zero-order valence-corrected chi connectivity index (χ0v) is 27.2. The lowest BCUT2D eigenvalue weighted by molar-refractivity contribution is -0.219. The van der Waals surface area contributed by atoms with Gasteiger partial charge in [-0.3, -0.25) is 14.4 Å². The SMILES string of the molecule is CCCCCCCCC(CCCCCCCCCC(O)(CCCCCCCC(=O)O)C(O)OC(=O)CC)OC(=O)CC. The first-order valence-corrected chi connectivity index (χ1v) is 17.2. The monoisotopic (exact) mass is 600 g/mol. The minimum Gasteiger partial charge on any atom is -0.481 e. The second-order valence-corrected chi connectivity index (χ2v) is 12.0. The standard InChI is InChI=1S/C34H64O8/c1-4-7-8-9-14-19-24-29(41-31(37)5-2)25-20-15-11-10-12-17-22-27-34(40,33(39)42-32(38)6-3)28-23-18-13-16-21-26-30(35)36/h29,33,39-40H,4-28H2,1-3H3,(H,35,36). The summed E-state index contributed by atoms with van der Waals surface area (Å²) in [6.07, 6.45) is 20.2. The van der Waals surface area contributed by atoms with Gasteiger partial charge in [-0.2, -0.15) is 0 Å². The van der Waals surface area contributed by atoms with Crippen LogP contribution in [0.25, 0.3) is 0 Å². The van der Waals surface area contributed by atoms with E-state index in [1.54, 1.807) is 6.92 Å². The summed E-state index contributed by atoms with van der Waals surface area (Å²) in [6.45, 7) is 5.72. The average molecular weight is 601 g/mol. The van der Waals surface area contributed by atoms with Crippen LogP contribution < -0.4 is 0 Å². The van der Waals surface area contributed by atoms with E-state index in [1.165, 1.54) is 32.1 Å². The number of aliphatic carboxylic acids is 1. The molecule has 0 spiro atoms. The van der Waals surface area contributed by atoms with Crippen LogP contribution in [0.2, 0.25) is 0 Å². The highest BCUT2D eigenvalue weighted by atomic mass is 16.6. The fourth-order valence-electron chi connectivity index (χ4n) is 5.30. The molecule has 0 aliphatic rings. The number of hydrogen-bond acceptors (Lipinski definition) is 7. The van der Waals surface area contributed by atoms with E-state index in [2.05, 4.69) is 6.92 Å². The Hall–Kier alpha value is -1.67. The molecule has 8 nitrogen and oxygen atoms in total. The van der Waals surface area contributed by atoms with Gasteiger partial charge in [0.05, 0.1) is 0 Å². The third kappa shape index (κ3) is 22.9. The molecular formula is C34H64O8. The third-order valence-corrected chi connectivity index (χ3v) is 8.09. The predicted molar refractivity (Wildman–Crippen MR) is 167 cm³/mol. The van der Waals surface area contributed by atoms with Crippen molar-refractivity contribution in [2.24, 2.45) is 0 Å². The Bertz CT molecular complexity index is 682. The smallest absolute Gasteiger partial charge is 0.307 e. The van der Waals surface area contributed by atoms with Crippen molar-refractivity contribution in [1.82, 2.24) is 0 Å². The molecule has 0 aliphatic heterocycles. The number of carboxylic acids is 1. The van der Waals surface area contributed by atoms with Crippen LogP contribution in [-0.4, -0.2) is 51.2 Å². The van der Waals surface area contributed by atoms with Gasteiger partial charge < -0.3 is 24.8 Å². The van der Waals surface area contributed by atoms with E-state index in [9.17, 15) is 24.6 Å². The third-order valence-electron chi connectivity index (χ3n) is 8.09. The van der Waals surface area contributed by atoms with E-state index in [1.807, 2.05) is 6.92 Å². The van der Waals surface area contributed by atoms with Crippen molar-refractivity contribution in [3.63, 3.8) is 0 Å². The van der Waals surface area contributed by atoms with Crippen LogP contribution in [0.3, 0.4) is 0 Å². The van der Waals surface area contributed by atoms with E-state index in [4.69, 9.17) is 14.6 Å². The van der Waals surface area contributed by atoms with Crippen LogP contribution in [0.5, 0.6) is 0 Å². The minimum absolute atomic E-state index is 0.0410. The molecule has 42 heavy (non-hydrogen) atoms. The van der Waals surface area contributed by atoms with Crippen molar-refractivity contribution in [2.75, 3.05) is 0 Å². The Kier molecular flexibility index (Phi) is 25.8. The second-order valence-electron chi connectivity index (χ2n) is 12.0. The van der Waals surface area contributed by atoms with E-state index in [-0.39, 0.29) is 24.9 Å². The molecular weight excluding hydrogens is 536 g/mol. The van der Waals surface area contributed by atoms with E-state index >= 15 is 0 Å². The molecule has 0 rings (SSSR count).